The summed E-state index contributed by atoms with van der Waals surface area (Å²) in [4.78, 5) is 39.1. The van der Waals surface area contributed by atoms with Crippen LogP contribution in [0.4, 0.5) is 5.69 Å². The van der Waals surface area contributed by atoms with E-state index in [2.05, 4.69) is 0 Å². The maximum Gasteiger partial charge on any atom is 0.270 e. The van der Waals surface area contributed by atoms with Gasteiger partial charge in [-0.15, -0.1) is 0 Å². The van der Waals surface area contributed by atoms with Crippen LogP contribution in [0.5, 0.6) is 0 Å². The summed E-state index contributed by atoms with van der Waals surface area (Å²) in [6.45, 7) is 6.31. The van der Waals surface area contributed by atoms with Crippen molar-refractivity contribution in [2.75, 3.05) is 26.2 Å². The number of hydrogen-bond donors (Lipinski definition) is 0. The van der Waals surface area contributed by atoms with Gasteiger partial charge in [0, 0.05) is 47.8 Å². The first kappa shape index (κ1) is 19.6. The zero-order valence-corrected chi connectivity index (χ0v) is 16.6. The molecule has 0 saturated carbocycles. The van der Waals surface area contributed by atoms with E-state index in [0.717, 1.165) is 0 Å². The molecule has 1 aliphatic rings. The fourth-order valence-corrected chi connectivity index (χ4v) is 3.65. The highest BCUT2D eigenvalue weighted by Gasteiger charge is 2.30. The van der Waals surface area contributed by atoms with Crippen molar-refractivity contribution in [2.24, 2.45) is 5.92 Å². The van der Waals surface area contributed by atoms with Gasteiger partial charge in [-0.2, -0.15) is 0 Å². The predicted octanol–water partition coefficient (Wildman–Crippen LogP) is 2.92. The number of amides is 2. The first-order chi connectivity index (χ1) is 11.9. The molecule has 0 bridgehead atoms. The molecule has 0 radical (unpaired) electrons. The van der Waals surface area contributed by atoms with E-state index in [-0.39, 0.29) is 23.4 Å². The van der Waals surface area contributed by atoms with Crippen molar-refractivity contribution < 1.29 is 14.5 Å². The third-order valence-corrected chi connectivity index (χ3v) is 5.54. The molecule has 0 aromatic heterocycles. The lowest BCUT2D eigenvalue weighted by molar-refractivity contribution is -0.384. The normalized spacial score (nSPS) is 15.1. The molecule has 136 valence electrons. The Hall–Kier alpha value is -1.71. The monoisotopic (exact) mass is 459 g/mol. The van der Waals surface area contributed by atoms with Crippen LogP contribution in [0, 0.1) is 19.6 Å². The SMILES string of the molecule is CCN(CC)C(=O)C1CCN(C(=O)c2cc([N+](=O)[O-])ccc2I)CC1. The van der Waals surface area contributed by atoms with Crippen LogP contribution in [-0.2, 0) is 4.79 Å². The first-order valence-electron chi connectivity index (χ1n) is 8.41. The van der Waals surface area contributed by atoms with Crippen LogP contribution in [0.15, 0.2) is 18.2 Å². The van der Waals surface area contributed by atoms with Gasteiger partial charge >= 0.3 is 0 Å². The second-order valence-electron chi connectivity index (χ2n) is 6.00. The van der Waals surface area contributed by atoms with Gasteiger partial charge in [0.1, 0.15) is 0 Å². The third kappa shape index (κ3) is 4.47. The molecule has 8 heteroatoms. The van der Waals surface area contributed by atoms with E-state index < -0.39 is 4.92 Å². The molecule has 1 heterocycles. The van der Waals surface area contributed by atoms with Crippen molar-refractivity contribution in [3.63, 3.8) is 0 Å². The molecular weight excluding hydrogens is 437 g/mol. The topological polar surface area (TPSA) is 83.8 Å². The predicted molar refractivity (Wildman–Crippen MR) is 102 cm³/mol. The molecule has 0 spiro atoms. The summed E-state index contributed by atoms with van der Waals surface area (Å²) < 4.78 is 0.689. The Kier molecular flexibility index (Phi) is 6.74. The van der Waals surface area contributed by atoms with Gasteiger partial charge in [-0.25, -0.2) is 0 Å². The molecule has 0 atom stereocenters. The molecule has 0 unspecified atom stereocenters. The molecule has 0 aliphatic carbocycles. The van der Waals surface area contributed by atoms with E-state index in [1.807, 2.05) is 41.3 Å². The van der Waals surface area contributed by atoms with Gasteiger partial charge in [0.15, 0.2) is 0 Å². The van der Waals surface area contributed by atoms with Crippen molar-refractivity contribution in [1.82, 2.24) is 9.80 Å². The van der Waals surface area contributed by atoms with Gasteiger partial charge in [0.05, 0.1) is 10.5 Å². The largest absolute Gasteiger partial charge is 0.343 e. The van der Waals surface area contributed by atoms with Crippen LogP contribution < -0.4 is 0 Å². The molecule has 2 rings (SSSR count). The summed E-state index contributed by atoms with van der Waals surface area (Å²) in [5.74, 6) is -0.100. The average molecular weight is 459 g/mol. The van der Waals surface area contributed by atoms with Crippen LogP contribution in [-0.4, -0.2) is 52.7 Å². The van der Waals surface area contributed by atoms with Crippen molar-refractivity contribution in [3.8, 4) is 0 Å². The van der Waals surface area contributed by atoms with Crippen molar-refractivity contribution in [1.29, 1.82) is 0 Å². The van der Waals surface area contributed by atoms with Crippen LogP contribution >= 0.6 is 22.6 Å². The summed E-state index contributed by atoms with van der Waals surface area (Å²) in [6, 6.07) is 4.31. The van der Waals surface area contributed by atoms with Crippen LogP contribution in [0.1, 0.15) is 37.0 Å². The van der Waals surface area contributed by atoms with E-state index in [0.29, 0.717) is 48.2 Å². The average Bonchev–Trinajstić information content (AvgIpc) is 2.62. The van der Waals surface area contributed by atoms with Crippen LogP contribution in [0.25, 0.3) is 0 Å². The van der Waals surface area contributed by atoms with Gasteiger partial charge in [0.25, 0.3) is 11.6 Å². The molecule has 7 nitrogen and oxygen atoms in total. The Balaban J connectivity index is 2.06. The van der Waals surface area contributed by atoms with Gasteiger partial charge in [-0.3, -0.25) is 19.7 Å². The van der Waals surface area contributed by atoms with Crippen LogP contribution in [0.3, 0.4) is 0 Å². The molecule has 25 heavy (non-hydrogen) atoms. The van der Waals surface area contributed by atoms with Crippen LogP contribution in [0.2, 0.25) is 0 Å². The van der Waals surface area contributed by atoms with Gasteiger partial charge in [-0.05, 0) is 55.3 Å². The maximum atomic E-state index is 12.7. The molecule has 1 aromatic rings. The molecule has 1 fully saturated rings. The summed E-state index contributed by atoms with van der Waals surface area (Å²) in [5, 5.41) is 10.9. The van der Waals surface area contributed by atoms with E-state index in [1.54, 1.807) is 11.0 Å². The highest BCUT2D eigenvalue weighted by molar-refractivity contribution is 14.1. The molecule has 1 saturated heterocycles. The van der Waals surface area contributed by atoms with E-state index in [9.17, 15) is 19.7 Å². The van der Waals surface area contributed by atoms with Gasteiger partial charge in [0.2, 0.25) is 5.91 Å². The number of nitro groups is 1. The minimum Gasteiger partial charge on any atom is -0.343 e. The number of piperidine rings is 1. The lowest BCUT2D eigenvalue weighted by Crippen LogP contribution is -2.44. The maximum absolute atomic E-state index is 12.7. The molecule has 2 amide bonds. The number of carbonyl (C=O) groups excluding carboxylic acids is 2. The Bertz CT molecular complexity index is 668. The number of benzene rings is 1. The van der Waals surface area contributed by atoms with Crippen molar-refractivity contribution in [2.45, 2.75) is 26.7 Å². The first-order valence-corrected chi connectivity index (χ1v) is 9.48. The fourth-order valence-electron chi connectivity index (χ4n) is 3.08. The van der Waals surface area contributed by atoms with Gasteiger partial charge < -0.3 is 9.80 Å². The second kappa shape index (κ2) is 8.59. The minimum absolute atomic E-state index is 0.0480. The highest BCUT2D eigenvalue weighted by Crippen LogP contribution is 2.25. The number of hydrogen-bond acceptors (Lipinski definition) is 4. The lowest BCUT2D eigenvalue weighted by Gasteiger charge is -2.34. The van der Waals surface area contributed by atoms with E-state index in [1.165, 1.54) is 12.1 Å². The number of halogens is 1. The quantitative estimate of drug-likeness (QED) is 0.385. The Morgan fingerprint density at radius 1 is 1.28 bits per heavy atom. The Labute approximate surface area is 160 Å². The summed E-state index contributed by atoms with van der Waals surface area (Å²) >= 11 is 2.01. The van der Waals surface area contributed by atoms with Crippen molar-refractivity contribution in [3.05, 3.63) is 37.4 Å². The second-order valence-corrected chi connectivity index (χ2v) is 7.16. The molecular formula is C17H22IN3O4. The van der Waals surface area contributed by atoms with Crippen molar-refractivity contribution >= 4 is 40.1 Å². The Morgan fingerprint density at radius 2 is 1.88 bits per heavy atom. The van der Waals surface area contributed by atoms with E-state index in [4.69, 9.17) is 0 Å². The fraction of sp³-hybridized carbons (Fsp3) is 0.529. The molecule has 1 aromatic carbocycles. The summed E-state index contributed by atoms with van der Waals surface area (Å²) in [5.41, 5.74) is 0.263. The highest BCUT2D eigenvalue weighted by atomic mass is 127. The Morgan fingerprint density at radius 3 is 2.40 bits per heavy atom. The smallest absolute Gasteiger partial charge is 0.270 e. The lowest BCUT2D eigenvalue weighted by atomic mass is 9.94. The number of carbonyl (C=O) groups is 2. The number of likely N-dealkylation sites (tertiary alicyclic amines) is 1. The number of non-ortho nitro benzene ring substituents is 1. The van der Waals surface area contributed by atoms with E-state index >= 15 is 0 Å². The minimum atomic E-state index is -0.498. The zero-order valence-electron chi connectivity index (χ0n) is 14.4. The third-order valence-electron chi connectivity index (χ3n) is 4.60. The zero-order chi connectivity index (χ0) is 18.6. The molecule has 0 N–H and O–H groups in total. The molecule has 1 aliphatic heterocycles. The summed E-state index contributed by atoms with van der Waals surface area (Å²) in [6.07, 6.45) is 1.26. The number of nitrogens with zero attached hydrogens (tertiary/aromatic N) is 3. The summed E-state index contributed by atoms with van der Waals surface area (Å²) in [7, 11) is 0. The number of rotatable bonds is 5. The van der Waals surface area contributed by atoms with Gasteiger partial charge in [-0.1, -0.05) is 0 Å². The number of nitro benzene ring substituents is 1. The standard InChI is InChI=1S/C17H22IN3O4/c1-3-19(4-2)16(22)12-7-9-20(10-8-12)17(23)14-11-13(21(24)25)5-6-15(14)18/h5-6,11-12H,3-4,7-10H2,1-2H3.